The predicted molar refractivity (Wildman–Crippen MR) is 292 cm³/mol. The molecule has 0 radical (unpaired) electrons. The van der Waals surface area contributed by atoms with E-state index in [1.165, 1.54) is 32.1 Å². The van der Waals surface area contributed by atoms with E-state index in [9.17, 15) is 14.4 Å². The molecule has 0 aliphatic heterocycles. The molecule has 6 nitrogen and oxygen atoms in total. The number of ether oxygens (including phenoxy) is 3. The summed E-state index contributed by atoms with van der Waals surface area (Å²) in [6, 6.07) is 0. The van der Waals surface area contributed by atoms with Crippen LogP contribution in [-0.4, -0.2) is 37.2 Å². The van der Waals surface area contributed by atoms with Gasteiger partial charge in [-0.05, 0) is 116 Å². The van der Waals surface area contributed by atoms with Crippen LogP contribution in [-0.2, 0) is 28.6 Å². The fraction of sp³-hybridized carbons (Fsp3) is 0.597. The lowest BCUT2D eigenvalue weighted by Crippen LogP contribution is -2.30. The molecule has 0 aromatic heterocycles. The lowest BCUT2D eigenvalue weighted by molar-refractivity contribution is -0.167. The summed E-state index contributed by atoms with van der Waals surface area (Å²) in [5, 5.41) is 0. The molecule has 0 aliphatic rings. The van der Waals surface area contributed by atoms with Crippen molar-refractivity contribution in [1.29, 1.82) is 0 Å². The largest absolute Gasteiger partial charge is 0.462 e. The van der Waals surface area contributed by atoms with Crippen LogP contribution >= 0.6 is 0 Å². The Labute approximate surface area is 417 Å². The highest BCUT2D eigenvalue weighted by molar-refractivity contribution is 5.71. The lowest BCUT2D eigenvalue weighted by Gasteiger charge is -2.18. The van der Waals surface area contributed by atoms with Gasteiger partial charge in [0.25, 0.3) is 0 Å². The minimum atomic E-state index is -0.805. The van der Waals surface area contributed by atoms with E-state index in [1.807, 2.05) is 0 Å². The van der Waals surface area contributed by atoms with E-state index < -0.39 is 6.10 Å². The zero-order valence-corrected chi connectivity index (χ0v) is 43.6. The Balaban J connectivity index is 4.30. The van der Waals surface area contributed by atoms with Gasteiger partial charge in [0, 0.05) is 19.3 Å². The number of hydrogen-bond donors (Lipinski definition) is 0. The molecule has 68 heavy (non-hydrogen) atoms. The highest BCUT2D eigenvalue weighted by Crippen LogP contribution is 2.13. The van der Waals surface area contributed by atoms with Gasteiger partial charge in [-0.3, -0.25) is 14.4 Å². The Morgan fingerprint density at radius 2 is 0.574 bits per heavy atom. The fourth-order valence-corrected chi connectivity index (χ4v) is 6.88. The van der Waals surface area contributed by atoms with E-state index >= 15 is 0 Å². The first-order valence-electron chi connectivity index (χ1n) is 27.2. The highest BCUT2D eigenvalue weighted by Gasteiger charge is 2.19. The van der Waals surface area contributed by atoms with Crippen molar-refractivity contribution in [2.75, 3.05) is 13.2 Å². The van der Waals surface area contributed by atoms with Crippen molar-refractivity contribution in [2.45, 2.75) is 226 Å². The van der Waals surface area contributed by atoms with Gasteiger partial charge >= 0.3 is 17.9 Å². The molecule has 382 valence electrons. The molecule has 0 saturated heterocycles. The van der Waals surface area contributed by atoms with Gasteiger partial charge in [-0.25, -0.2) is 0 Å². The summed E-state index contributed by atoms with van der Waals surface area (Å²) in [5.41, 5.74) is 0. The van der Waals surface area contributed by atoms with Crippen LogP contribution in [0.3, 0.4) is 0 Å². The van der Waals surface area contributed by atoms with E-state index in [2.05, 4.69) is 154 Å². The summed E-state index contributed by atoms with van der Waals surface area (Å²) in [7, 11) is 0. The summed E-state index contributed by atoms with van der Waals surface area (Å²) in [4.78, 5) is 37.9. The van der Waals surface area contributed by atoms with E-state index in [-0.39, 0.29) is 37.5 Å². The number of allylic oxidation sites excluding steroid dienone is 22. The second-order valence-corrected chi connectivity index (χ2v) is 17.4. The van der Waals surface area contributed by atoms with Gasteiger partial charge in [0.15, 0.2) is 6.10 Å². The molecular formula is C62H98O6. The first-order chi connectivity index (χ1) is 33.5. The Bertz CT molecular complexity index is 1500. The summed E-state index contributed by atoms with van der Waals surface area (Å²) in [6.45, 7) is 6.31. The highest BCUT2D eigenvalue weighted by atomic mass is 16.6. The number of carbonyl (C=O) groups is 3. The van der Waals surface area contributed by atoms with Crippen LogP contribution in [0.2, 0.25) is 0 Å². The average Bonchev–Trinajstić information content (AvgIpc) is 3.34. The number of unbranched alkanes of at least 4 members (excludes halogenated alkanes) is 14. The zero-order valence-electron chi connectivity index (χ0n) is 43.6. The summed E-state index contributed by atoms with van der Waals surface area (Å²) >= 11 is 0. The van der Waals surface area contributed by atoms with Crippen LogP contribution in [0.25, 0.3) is 0 Å². The fourth-order valence-electron chi connectivity index (χ4n) is 6.88. The van der Waals surface area contributed by atoms with E-state index in [0.29, 0.717) is 12.8 Å². The maximum Gasteiger partial charge on any atom is 0.306 e. The predicted octanol–water partition coefficient (Wildman–Crippen LogP) is 18.3. The third-order valence-electron chi connectivity index (χ3n) is 10.9. The minimum Gasteiger partial charge on any atom is -0.462 e. The summed E-state index contributed by atoms with van der Waals surface area (Å²) < 4.78 is 16.7. The first kappa shape index (κ1) is 63.5. The number of hydrogen-bond acceptors (Lipinski definition) is 6. The molecule has 0 saturated carbocycles. The molecule has 0 fully saturated rings. The molecule has 0 heterocycles. The molecule has 0 amide bonds. The molecule has 0 bridgehead atoms. The van der Waals surface area contributed by atoms with E-state index in [0.717, 1.165) is 148 Å². The number of esters is 3. The monoisotopic (exact) mass is 939 g/mol. The van der Waals surface area contributed by atoms with Crippen LogP contribution in [0.5, 0.6) is 0 Å². The van der Waals surface area contributed by atoms with Crippen molar-refractivity contribution in [2.24, 2.45) is 0 Å². The van der Waals surface area contributed by atoms with Crippen molar-refractivity contribution in [1.82, 2.24) is 0 Å². The molecule has 1 unspecified atom stereocenters. The minimum absolute atomic E-state index is 0.101. The Hall–Kier alpha value is -4.45. The molecule has 0 aromatic carbocycles. The molecule has 6 heteroatoms. The lowest BCUT2D eigenvalue weighted by atomic mass is 10.1. The SMILES string of the molecule is CC/C=C\C/C=C\C/C=C\C/C=C\C/C=C\C/C=C\C/C=C\C/C=C\CCCCCCC(=O)OCC(COC(=O)CCCCCCCCCC)OC(=O)CCCCC/C=C\C/C=C\C/C=C\CC. The quantitative estimate of drug-likeness (QED) is 0.0262. The van der Waals surface area contributed by atoms with E-state index in [4.69, 9.17) is 14.2 Å². The Morgan fingerprint density at radius 3 is 0.912 bits per heavy atom. The van der Waals surface area contributed by atoms with Crippen molar-refractivity contribution >= 4 is 17.9 Å². The van der Waals surface area contributed by atoms with Gasteiger partial charge in [0.2, 0.25) is 0 Å². The normalized spacial score (nSPS) is 13.2. The van der Waals surface area contributed by atoms with Crippen molar-refractivity contribution in [3.05, 3.63) is 134 Å². The average molecular weight is 939 g/mol. The molecule has 0 spiro atoms. The maximum atomic E-state index is 12.7. The van der Waals surface area contributed by atoms with Gasteiger partial charge in [0.05, 0.1) is 0 Å². The topological polar surface area (TPSA) is 78.9 Å². The van der Waals surface area contributed by atoms with Crippen LogP contribution in [0.1, 0.15) is 220 Å². The molecule has 1 atom stereocenters. The molecular weight excluding hydrogens is 841 g/mol. The maximum absolute atomic E-state index is 12.7. The van der Waals surface area contributed by atoms with Crippen molar-refractivity contribution < 1.29 is 28.6 Å². The van der Waals surface area contributed by atoms with Crippen LogP contribution in [0.15, 0.2) is 134 Å². The zero-order chi connectivity index (χ0) is 49.3. The third-order valence-corrected chi connectivity index (χ3v) is 10.9. The van der Waals surface area contributed by atoms with Crippen LogP contribution in [0, 0.1) is 0 Å². The summed E-state index contributed by atoms with van der Waals surface area (Å²) in [6.07, 6.45) is 77.4. The summed E-state index contributed by atoms with van der Waals surface area (Å²) in [5.74, 6) is -0.971. The van der Waals surface area contributed by atoms with Gasteiger partial charge in [-0.2, -0.15) is 0 Å². The Kier molecular flexibility index (Phi) is 51.5. The molecule has 0 rings (SSSR count). The van der Waals surface area contributed by atoms with Gasteiger partial charge in [0.1, 0.15) is 13.2 Å². The van der Waals surface area contributed by atoms with Gasteiger partial charge in [-0.15, -0.1) is 0 Å². The first-order valence-corrected chi connectivity index (χ1v) is 27.2. The molecule has 0 aromatic rings. The van der Waals surface area contributed by atoms with Crippen molar-refractivity contribution in [3.8, 4) is 0 Å². The van der Waals surface area contributed by atoms with Gasteiger partial charge in [-0.1, -0.05) is 219 Å². The van der Waals surface area contributed by atoms with E-state index in [1.54, 1.807) is 0 Å². The van der Waals surface area contributed by atoms with Crippen LogP contribution in [0.4, 0.5) is 0 Å². The molecule has 0 N–H and O–H groups in total. The smallest absolute Gasteiger partial charge is 0.306 e. The number of rotatable bonds is 47. The standard InChI is InChI=1S/C62H98O6/c1-4-7-10-13-16-19-21-23-24-25-26-27-28-29-30-31-32-33-34-35-36-37-38-40-41-43-46-49-52-55-61(64)67-58-59(57-66-60(63)54-51-48-45-18-15-12-9-6-3)68-62(65)56-53-50-47-44-42-39-22-20-17-14-11-8-5-2/h7-8,10-11,16-17,19-20,23-24,26-27,29-30,32-33,35-36,38-40,42,59H,4-6,9,12-15,18,21-22,25,28,31,34,37,41,43-58H2,1-3H3/b10-7-,11-8-,19-16-,20-17-,24-23-,27-26-,30-29-,33-32-,36-35-,40-38-,42-39-. The Morgan fingerprint density at radius 1 is 0.309 bits per heavy atom. The van der Waals surface area contributed by atoms with Crippen molar-refractivity contribution in [3.63, 3.8) is 0 Å². The number of carbonyl (C=O) groups excluding carboxylic acids is 3. The van der Waals surface area contributed by atoms with Crippen LogP contribution < -0.4 is 0 Å². The molecule has 0 aliphatic carbocycles. The second-order valence-electron chi connectivity index (χ2n) is 17.4. The second kappa shape index (κ2) is 55.1. The third kappa shape index (κ3) is 52.5. The van der Waals surface area contributed by atoms with Gasteiger partial charge < -0.3 is 14.2 Å².